The van der Waals surface area contributed by atoms with Gasteiger partial charge in [-0.3, -0.25) is 9.59 Å². The molecule has 0 aromatic heterocycles. The number of rotatable bonds is 5. The molecule has 1 N–H and O–H groups in total. The van der Waals surface area contributed by atoms with Crippen LogP contribution in [0.4, 0.5) is 0 Å². The van der Waals surface area contributed by atoms with E-state index in [1.165, 1.54) is 0 Å². The van der Waals surface area contributed by atoms with Crippen molar-refractivity contribution in [1.82, 2.24) is 5.32 Å². The topological polar surface area (TPSA) is 46.2 Å². The Morgan fingerprint density at radius 1 is 1.47 bits per heavy atom. The molecule has 3 heteroatoms. The van der Waals surface area contributed by atoms with Crippen molar-refractivity contribution in [2.24, 2.45) is 0 Å². The summed E-state index contributed by atoms with van der Waals surface area (Å²) in [5.74, 6) is 0.0500. The van der Waals surface area contributed by atoms with Crippen molar-refractivity contribution < 1.29 is 9.59 Å². The highest BCUT2D eigenvalue weighted by atomic mass is 16.1. The van der Waals surface area contributed by atoms with Gasteiger partial charge in [-0.05, 0) is 18.1 Å². The molecule has 0 bridgehead atoms. The SMILES string of the molecule is CCCC(=O)NCc1cccc(C=O)c1. The third-order valence-electron chi connectivity index (χ3n) is 2.05. The van der Waals surface area contributed by atoms with Gasteiger partial charge in [0.15, 0.2) is 0 Å². The van der Waals surface area contributed by atoms with E-state index in [0.29, 0.717) is 18.5 Å². The minimum Gasteiger partial charge on any atom is -0.352 e. The van der Waals surface area contributed by atoms with E-state index < -0.39 is 0 Å². The molecular formula is C12H15NO2. The average Bonchev–Trinajstić information content (AvgIpc) is 2.27. The molecule has 1 amide bonds. The number of carbonyl (C=O) groups is 2. The van der Waals surface area contributed by atoms with E-state index in [1.54, 1.807) is 12.1 Å². The molecule has 0 saturated carbocycles. The minimum atomic E-state index is 0.0500. The molecule has 0 aliphatic rings. The number of nitrogens with one attached hydrogen (secondary N) is 1. The predicted molar refractivity (Wildman–Crippen MR) is 58.6 cm³/mol. The summed E-state index contributed by atoms with van der Waals surface area (Å²) in [7, 11) is 0. The van der Waals surface area contributed by atoms with Crippen molar-refractivity contribution in [3.8, 4) is 0 Å². The normalized spacial score (nSPS) is 9.67. The molecule has 0 heterocycles. The highest BCUT2D eigenvalue weighted by molar-refractivity contribution is 5.76. The van der Waals surface area contributed by atoms with Crippen LogP contribution in [-0.2, 0) is 11.3 Å². The maximum Gasteiger partial charge on any atom is 0.220 e. The Hall–Kier alpha value is -1.64. The fourth-order valence-electron chi connectivity index (χ4n) is 1.29. The van der Waals surface area contributed by atoms with Crippen LogP contribution in [0.5, 0.6) is 0 Å². The van der Waals surface area contributed by atoms with Gasteiger partial charge in [0, 0.05) is 18.5 Å². The summed E-state index contributed by atoms with van der Waals surface area (Å²) in [5, 5.41) is 2.80. The number of carbonyl (C=O) groups excluding carboxylic acids is 2. The first-order valence-electron chi connectivity index (χ1n) is 5.07. The molecule has 0 aliphatic carbocycles. The van der Waals surface area contributed by atoms with Crippen LogP contribution in [0.1, 0.15) is 35.7 Å². The van der Waals surface area contributed by atoms with Gasteiger partial charge in [-0.1, -0.05) is 25.1 Å². The molecule has 3 nitrogen and oxygen atoms in total. The Bertz CT molecular complexity index is 347. The van der Waals surface area contributed by atoms with Crippen molar-refractivity contribution >= 4 is 12.2 Å². The van der Waals surface area contributed by atoms with Crippen LogP contribution in [0.3, 0.4) is 0 Å². The van der Waals surface area contributed by atoms with Gasteiger partial charge in [0.2, 0.25) is 5.91 Å². The van der Waals surface area contributed by atoms with Crippen LogP contribution in [0.25, 0.3) is 0 Å². The quantitative estimate of drug-likeness (QED) is 0.746. The Balaban J connectivity index is 2.50. The summed E-state index contributed by atoms with van der Waals surface area (Å²) >= 11 is 0. The standard InChI is InChI=1S/C12H15NO2/c1-2-4-12(15)13-8-10-5-3-6-11(7-10)9-14/h3,5-7,9H,2,4,8H2,1H3,(H,13,15). The average molecular weight is 205 g/mol. The van der Waals surface area contributed by atoms with Crippen LogP contribution >= 0.6 is 0 Å². The molecule has 15 heavy (non-hydrogen) atoms. The second-order valence-electron chi connectivity index (χ2n) is 3.39. The third kappa shape index (κ3) is 3.94. The number of aldehydes is 1. The van der Waals surface area contributed by atoms with E-state index in [2.05, 4.69) is 5.32 Å². The second kappa shape index (κ2) is 5.96. The van der Waals surface area contributed by atoms with E-state index in [-0.39, 0.29) is 5.91 Å². The van der Waals surface area contributed by atoms with E-state index in [4.69, 9.17) is 0 Å². The Labute approximate surface area is 89.5 Å². The maximum absolute atomic E-state index is 11.2. The van der Waals surface area contributed by atoms with Crippen LogP contribution < -0.4 is 5.32 Å². The van der Waals surface area contributed by atoms with Crippen LogP contribution in [-0.4, -0.2) is 12.2 Å². The van der Waals surface area contributed by atoms with Gasteiger partial charge in [-0.15, -0.1) is 0 Å². The smallest absolute Gasteiger partial charge is 0.220 e. The van der Waals surface area contributed by atoms with Gasteiger partial charge in [0.1, 0.15) is 6.29 Å². The fourth-order valence-corrected chi connectivity index (χ4v) is 1.29. The van der Waals surface area contributed by atoms with Gasteiger partial charge in [0.05, 0.1) is 0 Å². The Kier molecular flexibility index (Phi) is 4.54. The summed E-state index contributed by atoms with van der Waals surface area (Å²) in [6.07, 6.45) is 2.20. The van der Waals surface area contributed by atoms with Gasteiger partial charge in [0.25, 0.3) is 0 Å². The van der Waals surface area contributed by atoms with E-state index in [0.717, 1.165) is 18.3 Å². The van der Waals surface area contributed by atoms with Gasteiger partial charge >= 0.3 is 0 Å². The van der Waals surface area contributed by atoms with Gasteiger partial charge in [-0.2, -0.15) is 0 Å². The molecule has 80 valence electrons. The number of benzene rings is 1. The highest BCUT2D eigenvalue weighted by Gasteiger charge is 1.99. The molecule has 0 unspecified atom stereocenters. The lowest BCUT2D eigenvalue weighted by Gasteiger charge is -2.04. The summed E-state index contributed by atoms with van der Waals surface area (Å²) < 4.78 is 0. The van der Waals surface area contributed by atoms with Crippen LogP contribution in [0.2, 0.25) is 0 Å². The zero-order chi connectivity index (χ0) is 11.1. The zero-order valence-corrected chi connectivity index (χ0v) is 8.82. The lowest BCUT2D eigenvalue weighted by atomic mass is 10.1. The van der Waals surface area contributed by atoms with Crippen molar-refractivity contribution in [3.05, 3.63) is 35.4 Å². The summed E-state index contributed by atoms with van der Waals surface area (Å²) in [4.78, 5) is 21.7. The molecule has 0 aliphatic heterocycles. The van der Waals surface area contributed by atoms with Crippen LogP contribution in [0, 0.1) is 0 Å². The first-order chi connectivity index (χ1) is 7.26. The molecule has 0 spiro atoms. The first kappa shape index (κ1) is 11.4. The van der Waals surface area contributed by atoms with Crippen molar-refractivity contribution in [1.29, 1.82) is 0 Å². The lowest BCUT2D eigenvalue weighted by Crippen LogP contribution is -2.22. The number of hydrogen-bond donors (Lipinski definition) is 1. The fraction of sp³-hybridized carbons (Fsp3) is 0.333. The second-order valence-corrected chi connectivity index (χ2v) is 3.39. The third-order valence-corrected chi connectivity index (χ3v) is 2.05. The number of amides is 1. The largest absolute Gasteiger partial charge is 0.352 e. The molecule has 1 rings (SSSR count). The van der Waals surface area contributed by atoms with E-state index in [1.807, 2.05) is 19.1 Å². The minimum absolute atomic E-state index is 0.0500. The molecule has 0 atom stereocenters. The highest BCUT2D eigenvalue weighted by Crippen LogP contribution is 2.02. The summed E-state index contributed by atoms with van der Waals surface area (Å²) in [6.45, 7) is 2.45. The van der Waals surface area contributed by atoms with E-state index in [9.17, 15) is 9.59 Å². The molecule has 1 aromatic carbocycles. The van der Waals surface area contributed by atoms with Gasteiger partial charge < -0.3 is 5.32 Å². The lowest BCUT2D eigenvalue weighted by molar-refractivity contribution is -0.121. The van der Waals surface area contributed by atoms with Crippen molar-refractivity contribution in [2.75, 3.05) is 0 Å². The summed E-state index contributed by atoms with van der Waals surface area (Å²) in [6, 6.07) is 7.22. The first-order valence-corrected chi connectivity index (χ1v) is 5.07. The molecular weight excluding hydrogens is 190 g/mol. The zero-order valence-electron chi connectivity index (χ0n) is 8.82. The Morgan fingerprint density at radius 2 is 2.27 bits per heavy atom. The molecule has 0 radical (unpaired) electrons. The van der Waals surface area contributed by atoms with Crippen LogP contribution in [0.15, 0.2) is 24.3 Å². The van der Waals surface area contributed by atoms with Crippen molar-refractivity contribution in [3.63, 3.8) is 0 Å². The monoisotopic (exact) mass is 205 g/mol. The Morgan fingerprint density at radius 3 is 2.93 bits per heavy atom. The molecule has 0 fully saturated rings. The molecule has 0 saturated heterocycles. The maximum atomic E-state index is 11.2. The predicted octanol–water partition coefficient (Wildman–Crippen LogP) is 1.92. The van der Waals surface area contributed by atoms with E-state index >= 15 is 0 Å². The number of hydrogen-bond acceptors (Lipinski definition) is 2. The summed E-state index contributed by atoms with van der Waals surface area (Å²) in [5.41, 5.74) is 1.58. The van der Waals surface area contributed by atoms with Crippen molar-refractivity contribution in [2.45, 2.75) is 26.3 Å². The van der Waals surface area contributed by atoms with Gasteiger partial charge in [-0.25, -0.2) is 0 Å². The molecule has 1 aromatic rings.